The first-order valence-electron chi connectivity index (χ1n) is 14.0. The van der Waals surface area contributed by atoms with Crippen molar-refractivity contribution in [2.75, 3.05) is 11.9 Å². The molecule has 2 aromatic carbocycles. The Morgan fingerprint density at radius 3 is 2.33 bits per heavy atom. The second-order valence-corrected chi connectivity index (χ2v) is 11.6. The molecule has 210 valence electrons. The van der Waals surface area contributed by atoms with Crippen molar-refractivity contribution in [3.05, 3.63) is 69.4 Å². The monoisotopic (exact) mass is 582 g/mol. The number of amides is 2. The molecular weight excluding hydrogens is 551 g/mol. The summed E-state index contributed by atoms with van der Waals surface area (Å²) in [5.41, 5.74) is 3.56. The molecule has 3 heterocycles. The summed E-state index contributed by atoms with van der Waals surface area (Å²) in [6, 6.07) is 12.8. The highest BCUT2D eigenvalue weighted by Gasteiger charge is 2.43. The molecule has 1 saturated carbocycles. The van der Waals surface area contributed by atoms with Crippen LogP contribution in [0.2, 0.25) is 10.0 Å². The SMILES string of the molecule is CCOC(=O)c1ccc(NC(=O)N2C3CCC2CC(NCc2c(-c4c(Cl)cccc4Cl)noc2C2CC2)C3)cc1. The van der Waals surface area contributed by atoms with Gasteiger partial charge in [0.2, 0.25) is 0 Å². The van der Waals surface area contributed by atoms with Crippen LogP contribution in [0.3, 0.4) is 0 Å². The Hall–Kier alpha value is -3.07. The predicted octanol–water partition coefficient (Wildman–Crippen LogP) is 7.02. The Labute approximate surface area is 243 Å². The van der Waals surface area contributed by atoms with Crippen molar-refractivity contribution in [1.29, 1.82) is 0 Å². The Balaban J connectivity index is 1.11. The molecule has 2 amide bonds. The van der Waals surface area contributed by atoms with Crippen LogP contribution in [0.1, 0.15) is 73.0 Å². The molecular formula is C30H32Cl2N4O4. The van der Waals surface area contributed by atoms with Crippen molar-refractivity contribution in [3.63, 3.8) is 0 Å². The van der Waals surface area contributed by atoms with Crippen molar-refractivity contribution in [2.24, 2.45) is 0 Å². The summed E-state index contributed by atoms with van der Waals surface area (Å²) >= 11 is 13.0. The fourth-order valence-electron chi connectivity index (χ4n) is 6.09. The largest absolute Gasteiger partial charge is 0.462 e. The number of aromatic nitrogens is 1. The molecule has 10 heteroatoms. The molecule has 2 aliphatic heterocycles. The van der Waals surface area contributed by atoms with Gasteiger partial charge in [-0.2, -0.15) is 0 Å². The maximum atomic E-state index is 13.2. The number of urea groups is 1. The number of carbonyl (C=O) groups is 2. The smallest absolute Gasteiger partial charge is 0.338 e. The fraction of sp³-hybridized carbons (Fsp3) is 0.433. The van der Waals surface area contributed by atoms with E-state index in [0.29, 0.717) is 51.6 Å². The van der Waals surface area contributed by atoms with E-state index in [1.54, 1.807) is 31.2 Å². The van der Waals surface area contributed by atoms with Gasteiger partial charge in [-0.1, -0.05) is 34.4 Å². The first-order chi connectivity index (χ1) is 19.4. The van der Waals surface area contributed by atoms with E-state index in [4.69, 9.17) is 32.5 Å². The van der Waals surface area contributed by atoms with Crippen LogP contribution in [-0.4, -0.2) is 46.8 Å². The maximum absolute atomic E-state index is 13.2. The summed E-state index contributed by atoms with van der Waals surface area (Å²) in [5, 5.41) is 12.3. The molecule has 3 fully saturated rings. The van der Waals surface area contributed by atoms with Crippen LogP contribution in [0.25, 0.3) is 11.3 Å². The van der Waals surface area contributed by atoms with Crippen molar-refractivity contribution < 1.29 is 18.8 Å². The van der Waals surface area contributed by atoms with Gasteiger partial charge in [0.15, 0.2) is 0 Å². The molecule has 2 saturated heterocycles. The standard InChI is InChI=1S/C30H32Cl2N4O4/c1-2-39-29(37)18-8-10-19(11-9-18)34-30(38)36-21-12-13-22(36)15-20(14-21)33-16-23-27(35-40-28(23)17-6-7-17)26-24(31)4-3-5-25(26)32/h3-5,8-11,17,20-22,33H,2,6-7,12-16H2,1H3,(H,34,38). The Morgan fingerprint density at radius 1 is 1.02 bits per heavy atom. The van der Waals surface area contributed by atoms with E-state index in [1.807, 2.05) is 23.1 Å². The first kappa shape index (κ1) is 27.1. The number of fused-ring (bicyclic) bond motifs is 2. The summed E-state index contributed by atoms with van der Waals surface area (Å²) in [5.74, 6) is 0.949. The molecule has 1 aliphatic carbocycles. The van der Waals surface area contributed by atoms with E-state index in [2.05, 4.69) is 15.8 Å². The second kappa shape index (κ2) is 11.4. The zero-order valence-corrected chi connectivity index (χ0v) is 23.8. The number of ether oxygens (including phenoxy) is 1. The van der Waals surface area contributed by atoms with Crippen molar-refractivity contribution in [3.8, 4) is 11.3 Å². The van der Waals surface area contributed by atoms with E-state index in [0.717, 1.165) is 49.8 Å². The number of anilines is 1. The minimum absolute atomic E-state index is 0.0967. The zero-order valence-electron chi connectivity index (χ0n) is 22.3. The molecule has 3 aliphatic rings. The van der Waals surface area contributed by atoms with E-state index in [-0.39, 0.29) is 30.1 Å². The van der Waals surface area contributed by atoms with Gasteiger partial charge >= 0.3 is 12.0 Å². The average Bonchev–Trinajstić information content (AvgIpc) is 3.64. The minimum atomic E-state index is -0.370. The molecule has 0 radical (unpaired) electrons. The number of halogens is 2. The number of hydrogen-bond donors (Lipinski definition) is 2. The molecule has 6 rings (SSSR count). The highest BCUT2D eigenvalue weighted by molar-refractivity contribution is 6.39. The van der Waals surface area contributed by atoms with Gasteiger partial charge in [0.1, 0.15) is 11.5 Å². The number of rotatable bonds is 8. The van der Waals surface area contributed by atoms with E-state index in [1.165, 1.54) is 0 Å². The van der Waals surface area contributed by atoms with E-state index < -0.39 is 0 Å². The molecule has 2 unspecified atom stereocenters. The second-order valence-electron chi connectivity index (χ2n) is 10.8. The number of esters is 1. The van der Waals surface area contributed by atoms with E-state index in [9.17, 15) is 9.59 Å². The van der Waals surface area contributed by atoms with Crippen LogP contribution in [-0.2, 0) is 11.3 Å². The molecule has 1 aromatic heterocycles. The highest BCUT2D eigenvalue weighted by atomic mass is 35.5. The Morgan fingerprint density at radius 2 is 1.70 bits per heavy atom. The normalized spacial score (nSPS) is 21.9. The van der Waals surface area contributed by atoms with Crippen LogP contribution in [0, 0.1) is 0 Å². The van der Waals surface area contributed by atoms with Gasteiger partial charge in [-0.3, -0.25) is 0 Å². The average molecular weight is 584 g/mol. The molecule has 0 spiro atoms. The number of benzene rings is 2. The van der Waals surface area contributed by atoms with Gasteiger partial charge in [0, 0.05) is 47.4 Å². The van der Waals surface area contributed by atoms with Gasteiger partial charge in [-0.05, 0) is 81.8 Å². The van der Waals surface area contributed by atoms with Gasteiger partial charge in [0.05, 0.1) is 22.2 Å². The topological polar surface area (TPSA) is 96.7 Å². The number of piperidine rings is 1. The molecule has 3 aromatic rings. The van der Waals surface area contributed by atoms with Crippen LogP contribution < -0.4 is 10.6 Å². The summed E-state index contributed by atoms with van der Waals surface area (Å²) in [4.78, 5) is 27.2. The summed E-state index contributed by atoms with van der Waals surface area (Å²) in [7, 11) is 0. The minimum Gasteiger partial charge on any atom is -0.462 e. The third-order valence-electron chi connectivity index (χ3n) is 8.15. The van der Waals surface area contributed by atoms with E-state index >= 15 is 0 Å². The number of nitrogens with zero attached hydrogens (tertiary/aromatic N) is 2. The molecule has 2 bridgehead atoms. The number of hydrogen-bond acceptors (Lipinski definition) is 6. The molecule has 8 nitrogen and oxygen atoms in total. The van der Waals surface area contributed by atoms with Crippen LogP contribution >= 0.6 is 23.2 Å². The first-order valence-corrected chi connectivity index (χ1v) is 14.7. The van der Waals surface area contributed by atoms with Crippen LogP contribution in [0.15, 0.2) is 47.0 Å². The van der Waals surface area contributed by atoms with Gasteiger partial charge in [-0.15, -0.1) is 0 Å². The lowest BCUT2D eigenvalue weighted by Crippen LogP contribution is -2.52. The fourth-order valence-corrected chi connectivity index (χ4v) is 6.67. The van der Waals surface area contributed by atoms with Crippen LogP contribution in [0.5, 0.6) is 0 Å². The third kappa shape index (κ3) is 5.45. The quantitative estimate of drug-likeness (QED) is 0.277. The summed E-state index contributed by atoms with van der Waals surface area (Å²) < 4.78 is 10.9. The van der Waals surface area contributed by atoms with Gasteiger partial charge in [-0.25, -0.2) is 9.59 Å². The Kier molecular flexibility index (Phi) is 7.75. The van der Waals surface area contributed by atoms with Crippen molar-refractivity contribution in [1.82, 2.24) is 15.4 Å². The molecule has 2 atom stereocenters. The lowest BCUT2D eigenvalue weighted by molar-refractivity contribution is 0.0526. The predicted molar refractivity (Wildman–Crippen MR) is 154 cm³/mol. The van der Waals surface area contributed by atoms with Crippen molar-refractivity contribution >= 4 is 40.9 Å². The lowest BCUT2D eigenvalue weighted by Gasteiger charge is -2.39. The lowest BCUT2D eigenvalue weighted by atomic mass is 9.96. The van der Waals surface area contributed by atoms with Gasteiger partial charge < -0.3 is 24.8 Å². The molecule has 2 N–H and O–H groups in total. The van der Waals surface area contributed by atoms with Gasteiger partial charge in [0.25, 0.3) is 0 Å². The molecule has 40 heavy (non-hydrogen) atoms. The number of carbonyl (C=O) groups excluding carboxylic acids is 2. The zero-order chi connectivity index (χ0) is 27.8. The summed E-state index contributed by atoms with van der Waals surface area (Å²) in [6.07, 6.45) is 5.91. The third-order valence-corrected chi connectivity index (χ3v) is 8.78. The maximum Gasteiger partial charge on any atom is 0.338 e. The van der Waals surface area contributed by atoms with Crippen molar-refractivity contribution in [2.45, 2.75) is 76.0 Å². The number of nitrogens with one attached hydrogen (secondary N) is 2. The Bertz CT molecular complexity index is 1370. The van der Waals surface area contributed by atoms with Crippen LogP contribution in [0.4, 0.5) is 10.5 Å². The summed E-state index contributed by atoms with van der Waals surface area (Å²) in [6.45, 7) is 2.70. The highest BCUT2D eigenvalue weighted by Crippen LogP contribution is 2.46.